The van der Waals surface area contributed by atoms with Crippen LogP contribution in [0, 0.1) is 17.5 Å². The summed E-state index contributed by atoms with van der Waals surface area (Å²) in [6, 6.07) is 4.14. The van der Waals surface area contributed by atoms with Crippen LogP contribution in [-0.2, 0) is 0 Å². The highest BCUT2D eigenvalue weighted by Crippen LogP contribution is 2.35. The van der Waals surface area contributed by atoms with Crippen LogP contribution < -0.4 is 11.1 Å². The average molecular weight is 396 g/mol. The Morgan fingerprint density at radius 2 is 1.67 bits per heavy atom. The molecular weight excluding hydrogens is 389 g/mol. The number of halogens is 5. The zero-order chi connectivity index (χ0) is 15.7. The van der Waals surface area contributed by atoms with Crippen LogP contribution >= 0.6 is 39.7 Å². The van der Waals surface area contributed by atoms with Crippen molar-refractivity contribution in [2.24, 2.45) is 5.73 Å². The molecular formula is C13H7BrClF3N2S. The van der Waals surface area contributed by atoms with Crippen LogP contribution in [0.15, 0.2) is 28.7 Å². The Morgan fingerprint density at radius 3 is 2.14 bits per heavy atom. The fourth-order valence-electron chi connectivity index (χ4n) is 1.62. The quantitative estimate of drug-likeness (QED) is 0.726. The standard InChI is InChI=1S/C13H7BrClF3N2S/c14-7-3-6(16)4-8(15)11(7)20-12-9(17)1-5(13(19)21)2-10(12)18/h1-4,20H,(H2,19,21). The first-order chi connectivity index (χ1) is 9.79. The van der Waals surface area contributed by atoms with E-state index in [0.717, 1.165) is 24.3 Å². The largest absolute Gasteiger partial charge is 0.389 e. The Morgan fingerprint density at radius 1 is 1.10 bits per heavy atom. The van der Waals surface area contributed by atoms with Gasteiger partial charge in [0.25, 0.3) is 0 Å². The summed E-state index contributed by atoms with van der Waals surface area (Å²) in [6.07, 6.45) is 0. The van der Waals surface area contributed by atoms with E-state index in [1.165, 1.54) is 0 Å². The number of hydrogen-bond donors (Lipinski definition) is 2. The van der Waals surface area contributed by atoms with E-state index in [-0.39, 0.29) is 25.7 Å². The van der Waals surface area contributed by atoms with Gasteiger partial charge >= 0.3 is 0 Å². The van der Waals surface area contributed by atoms with Crippen molar-refractivity contribution in [2.75, 3.05) is 5.32 Å². The second kappa shape index (κ2) is 6.21. The Bertz CT molecular complexity index is 693. The lowest BCUT2D eigenvalue weighted by atomic mass is 10.1. The number of benzene rings is 2. The monoisotopic (exact) mass is 394 g/mol. The van der Waals surface area contributed by atoms with Gasteiger partial charge in [-0.2, -0.15) is 0 Å². The molecule has 0 amide bonds. The lowest BCUT2D eigenvalue weighted by Gasteiger charge is -2.13. The van der Waals surface area contributed by atoms with Crippen molar-refractivity contribution in [3.8, 4) is 0 Å². The normalized spacial score (nSPS) is 10.5. The highest BCUT2D eigenvalue weighted by molar-refractivity contribution is 9.10. The van der Waals surface area contributed by atoms with Crippen molar-refractivity contribution < 1.29 is 13.2 Å². The predicted molar refractivity (Wildman–Crippen MR) is 84.6 cm³/mol. The third-order valence-corrected chi connectivity index (χ3v) is 3.74. The topological polar surface area (TPSA) is 38.0 Å². The van der Waals surface area contributed by atoms with E-state index in [1.807, 2.05) is 0 Å². The molecule has 0 unspecified atom stereocenters. The van der Waals surface area contributed by atoms with Crippen molar-refractivity contribution >= 4 is 56.1 Å². The third-order valence-electron chi connectivity index (χ3n) is 2.58. The van der Waals surface area contributed by atoms with E-state index in [2.05, 4.69) is 33.5 Å². The maximum Gasteiger partial charge on any atom is 0.150 e. The third kappa shape index (κ3) is 3.48. The van der Waals surface area contributed by atoms with E-state index < -0.39 is 23.1 Å². The Hall–Kier alpha value is -1.31. The molecule has 0 aliphatic heterocycles. The second-order valence-corrected chi connectivity index (χ2v) is 5.75. The fourth-order valence-corrected chi connectivity index (χ4v) is 2.64. The van der Waals surface area contributed by atoms with E-state index in [1.54, 1.807) is 0 Å². The van der Waals surface area contributed by atoms with Crippen molar-refractivity contribution in [3.63, 3.8) is 0 Å². The molecule has 110 valence electrons. The minimum absolute atomic E-state index is 0.0286. The van der Waals surface area contributed by atoms with Gasteiger partial charge in [0.2, 0.25) is 0 Å². The van der Waals surface area contributed by atoms with Gasteiger partial charge in [-0.25, -0.2) is 13.2 Å². The first-order valence-corrected chi connectivity index (χ1v) is 7.08. The first kappa shape index (κ1) is 16.1. The Kier molecular flexibility index (Phi) is 4.75. The van der Waals surface area contributed by atoms with E-state index in [0.29, 0.717) is 0 Å². The molecule has 2 nitrogen and oxygen atoms in total. The Balaban J connectivity index is 2.48. The van der Waals surface area contributed by atoms with Crippen LogP contribution in [-0.4, -0.2) is 4.99 Å². The molecule has 0 bridgehead atoms. The van der Waals surface area contributed by atoms with Crippen molar-refractivity contribution in [3.05, 3.63) is 56.8 Å². The van der Waals surface area contributed by atoms with E-state index in [9.17, 15) is 13.2 Å². The molecule has 2 aromatic rings. The number of thiocarbonyl (C=S) groups is 1. The molecule has 0 saturated carbocycles. The molecule has 0 aliphatic rings. The van der Waals surface area contributed by atoms with Crippen LogP contribution in [0.2, 0.25) is 5.02 Å². The summed E-state index contributed by atoms with van der Waals surface area (Å²) < 4.78 is 41.3. The smallest absolute Gasteiger partial charge is 0.150 e. The van der Waals surface area contributed by atoms with E-state index in [4.69, 9.17) is 17.3 Å². The highest BCUT2D eigenvalue weighted by atomic mass is 79.9. The number of hydrogen-bond acceptors (Lipinski definition) is 2. The summed E-state index contributed by atoms with van der Waals surface area (Å²) in [5.41, 5.74) is 5.09. The molecule has 0 aromatic heterocycles. The fraction of sp³-hybridized carbons (Fsp3) is 0. The summed E-state index contributed by atoms with van der Waals surface area (Å²) >= 11 is 13.6. The number of nitrogens with two attached hydrogens (primary N) is 1. The van der Waals surface area contributed by atoms with Gasteiger partial charge in [-0.1, -0.05) is 23.8 Å². The summed E-state index contributed by atoms with van der Waals surface area (Å²) in [5.74, 6) is -2.38. The lowest BCUT2D eigenvalue weighted by molar-refractivity contribution is 0.590. The lowest BCUT2D eigenvalue weighted by Crippen LogP contribution is -2.11. The van der Waals surface area contributed by atoms with Crippen LogP contribution in [0.5, 0.6) is 0 Å². The maximum absolute atomic E-state index is 13.9. The molecule has 0 atom stereocenters. The molecule has 8 heteroatoms. The predicted octanol–water partition coefficient (Wildman–Crippen LogP) is 4.90. The molecule has 0 spiro atoms. The zero-order valence-corrected chi connectivity index (χ0v) is 13.3. The average Bonchev–Trinajstić information content (AvgIpc) is 2.35. The first-order valence-electron chi connectivity index (χ1n) is 5.50. The minimum Gasteiger partial charge on any atom is -0.389 e. The summed E-state index contributed by atoms with van der Waals surface area (Å²) in [6.45, 7) is 0. The number of anilines is 2. The van der Waals surface area contributed by atoms with Gasteiger partial charge in [-0.3, -0.25) is 0 Å². The molecule has 0 aliphatic carbocycles. The molecule has 2 aromatic carbocycles. The second-order valence-electron chi connectivity index (χ2n) is 4.05. The van der Waals surface area contributed by atoms with Gasteiger partial charge < -0.3 is 11.1 Å². The van der Waals surface area contributed by atoms with Crippen LogP contribution in [0.3, 0.4) is 0 Å². The molecule has 2 rings (SSSR count). The van der Waals surface area contributed by atoms with Gasteiger partial charge in [0.15, 0.2) is 0 Å². The van der Waals surface area contributed by atoms with Gasteiger partial charge in [-0.05, 0) is 40.2 Å². The summed E-state index contributed by atoms with van der Waals surface area (Å²) in [4.78, 5) is -0.125. The van der Waals surface area contributed by atoms with Gasteiger partial charge in [0, 0.05) is 10.0 Å². The minimum atomic E-state index is -0.898. The van der Waals surface area contributed by atoms with Gasteiger partial charge in [0.05, 0.1) is 10.7 Å². The van der Waals surface area contributed by atoms with Crippen molar-refractivity contribution in [2.45, 2.75) is 0 Å². The van der Waals surface area contributed by atoms with Gasteiger partial charge in [-0.15, -0.1) is 0 Å². The molecule has 0 saturated heterocycles. The molecule has 0 fully saturated rings. The summed E-state index contributed by atoms with van der Waals surface area (Å²) in [7, 11) is 0. The van der Waals surface area contributed by atoms with Crippen molar-refractivity contribution in [1.82, 2.24) is 0 Å². The number of rotatable bonds is 3. The highest BCUT2D eigenvalue weighted by Gasteiger charge is 2.16. The van der Waals surface area contributed by atoms with Crippen LogP contribution in [0.4, 0.5) is 24.5 Å². The SMILES string of the molecule is NC(=S)c1cc(F)c(Nc2c(Cl)cc(F)cc2Br)c(F)c1. The molecule has 0 radical (unpaired) electrons. The van der Waals surface area contributed by atoms with Gasteiger partial charge in [0.1, 0.15) is 28.1 Å². The number of nitrogens with one attached hydrogen (secondary N) is 1. The van der Waals surface area contributed by atoms with Crippen molar-refractivity contribution in [1.29, 1.82) is 0 Å². The zero-order valence-electron chi connectivity index (χ0n) is 10.2. The van der Waals surface area contributed by atoms with Crippen LogP contribution in [0.25, 0.3) is 0 Å². The Labute approximate surface area is 137 Å². The summed E-state index contributed by atoms with van der Waals surface area (Å²) in [5, 5.41) is 2.46. The molecule has 21 heavy (non-hydrogen) atoms. The maximum atomic E-state index is 13.9. The van der Waals surface area contributed by atoms with Crippen LogP contribution in [0.1, 0.15) is 5.56 Å². The van der Waals surface area contributed by atoms with E-state index >= 15 is 0 Å². The molecule has 0 heterocycles. The molecule has 3 N–H and O–H groups in total.